The predicted octanol–water partition coefficient (Wildman–Crippen LogP) is 3.17. The van der Waals surface area contributed by atoms with E-state index in [1.54, 1.807) is 11.3 Å². The van der Waals surface area contributed by atoms with Gasteiger partial charge < -0.3 is 5.73 Å². The average Bonchev–Trinajstić information content (AvgIpc) is 2.75. The Morgan fingerprint density at radius 1 is 1.59 bits per heavy atom. The molecular formula is C12H19BrN2S2. The van der Waals surface area contributed by atoms with Crippen LogP contribution in [-0.2, 0) is 6.54 Å². The van der Waals surface area contributed by atoms with Gasteiger partial charge in [-0.15, -0.1) is 11.3 Å². The fraction of sp³-hybridized carbons (Fsp3) is 0.667. The molecule has 2 N–H and O–H groups in total. The number of nitrogens with two attached hydrogens (primary N) is 1. The summed E-state index contributed by atoms with van der Waals surface area (Å²) in [6, 6.07) is 2.21. The quantitative estimate of drug-likeness (QED) is 0.916. The van der Waals surface area contributed by atoms with Crippen LogP contribution in [0.3, 0.4) is 0 Å². The number of nitrogens with zero attached hydrogens (tertiary/aromatic N) is 1. The maximum absolute atomic E-state index is 6.04. The van der Waals surface area contributed by atoms with E-state index in [-0.39, 0.29) is 5.54 Å². The van der Waals surface area contributed by atoms with E-state index in [1.165, 1.54) is 33.7 Å². The molecule has 0 radical (unpaired) electrons. The first-order valence-corrected chi connectivity index (χ1v) is 8.71. The molecule has 17 heavy (non-hydrogen) atoms. The molecule has 1 aliphatic rings. The van der Waals surface area contributed by atoms with Gasteiger partial charge in [0, 0.05) is 24.4 Å². The lowest BCUT2D eigenvalue weighted by molar-refractivity contribution is 0.127. The molecule has 2 heterocycles. The highest BCUT2D eigenvalue weighted by Crippen LogP contribution is 2.32. The molecule has 1 fully saturated rings. The fourth-order valence-corrected chi connectivity index (χ4v) is 4.88. The SMILES string of the molecule is CN(Cc1csc(Br)c1)C1(CN)CCCSC1. The van der Waals surface area contributed by atoms with Crippen molar-refractivity contribution < 1.29 is 0 Å². The Bertz CT molecular complexity index is 361. The van der Waals surface area contributed by atoms with Gasteiger partial charge in [0.15, 0.2) is 0 Å². The summed E-state index contributed by atoms with van der Waals surface area (Å²) >= 11 is 7.32. The minimum absolute atomic E-state index is 0.206. The molecule has 0 saturated carbocycles. The van der Waals surface area contributed by atoms with Crippen molar-refractivity contribution in [1.29, 1.82) is 0 Å². The van der Waals surface area contributed by atoms with Crippen LogP contribution in [0.1, 0.15) is 18.4 Å². The number of thiophene rings is 1. The summed E-state index contributed by atoms with van der Waals surface area (Å²) in [6.45, 7) is 1.77. The molecule has 0 amide bonds. The van der Waals surface area contributed by atoms with Crippen LogP contribution in [0, 0.1) is 0 Å². The molecule has 2 nitrogen and oxygen atoms in total. The Hall–Kier alpha value is 0.450. The topological polar surface area (TPSA) is 29.3 Å². The van der Waals surface area contributed by atoms with Gasteiger partial charge in [-0.25, -0.2) is 0 Å². The average molecular weight is 335 g/mol. The summed E-state index contributed by atoms with van der Waals surface area (Å²) in [5.41, 5.74) is 7.62. The van der Waals surface area contributed by atoms with Crippen LogP contribution in [0.25, 0.3) is 0 Å². The maximum atomic E-state index is 6.04. The molecule has 1 saturated heterocycles. The Labute approximate surface area is 120 Å². The number of hydrogen-bond acceptors (Lipinski definition) is 4. The van der Waals surface area contributed by atoms with Crippen LogP contribution in [0.15, 0.2) is 15.2 Å². The van der Waals surface area contributed by atoms with Crippen LogP contribution in [0.4, 0.5) is 0 Å². The van der Waals surface area contributed by atoms with Crippen molar-refractivity contribution in [3.63, 3.8) is 0 Å². The Kier molecular flexibility index (Phi) is 4.95. The maximum Gasteiger partial charge on any atom is 0.0701 e. The highest BCUT2D eigenvalue weighted by Gasteiger charge is 2.35. The summed E-state index contributed by atoms with van der Waals surface area (Å²) in [7, 11) is 2.21. The van der Waals surface area contributed by atoms with E-state index in [0.29, 0.717) is 0 Å². The second kappa shape index (κ2) is 6.06. The number of rotatable bonds is 4. The normalized spacial score (nSPS) is 25.4. The van der Waals surface area contributed by atoms with Crippen molar-refractivity contribution in [2.24, 2.45) is 5.73 Å². The number of thioether (sulfide) groups is 1. The lowest BCUT2D eigenvalue weighted by Crippen LogP contribution is -2.55. The zero-order chi connectivity index (χ0) is 12.3. The van der Waals surface area contributed by atoms with Gasteiger partial charge in [-0.3, -0.25) is 4.90 Å². The smallest absolute Gasteiger partial charge is 0.0701 e. The van der Waals surface area contributed by atoms with Crippen molar-refractivity contribution in [2.75, 3.05) is 25.1 Å². The summed E-state index contributed by atoms with van der Waals surface area (Å²) < 4.78 is 1.21. The van der Waals surface area contributed by atoms with Gasteiger partial charge in [0.2, 0.25) is 0 Å². The third-order valence-electron chi connectivity index (χ3n) is 3.53. The molecule has 0 spiro atoms. The van der Waals surface area contributed by atoms with Crippen molar-refractivity contribution in [3.05, 3.63) is 20.8 Å². The lowest BCUT2D eigenvalue weighted by atomic mass is 9.93. The Morgan fingerprint density at radius 3 is 2.94 bits per heavy atom. The molecule has 1 aromatic rings. The van der Waals surface area contributed by atoms with Gasteiger partial charge >= 0.3 is 0 Å². The molecule has 0 aliphatic carbocycles. The highest BCUT2D eigenvalue weighted by atomic mass is 79.9. The molecule has 5 heteroatoms. The fourth-order valence-electron chi connectivity index (χ4n) is 2.33. The number of hydrogen-bond donors (Lipinski definition) is 1. The summed E-state index contributed by atoms with van der Waals surface area (Å²) in [5.74, 6) is 2.46. The van der Waals surface area contributed by atoms with Crippen molar-refractivity contribution >= 4 is 39.0 Å². The standard InChI is InChI=1S/C12H19BrN2S2/c1-15(6-10-5-11(13)17-7-10)12(8-14)3-2-4-16-9-12/h5,7H,2-4,6,8-9,14H2,1H3. The molecule has 0 aromatic carbocycles. The van der Waals surface area contributed by atoms with Gasteiger partial charge in [-0.05, 0) is 58.6 Å². The van der Waals surface area contributed by atoms with Crippen LogP contribution in [-0.4, -0.2) is 35.5 Å². The van der Waals surface area contributed by atoms with E-state index in [4.69, 9.17) is 5.73 Å². The van der Waals surface area contributed by atoms with Crippen LogP contribution in [0.5, 0.6) is 0 Å². The minimum Gasteiger partial charge on any atom is -0.329 e. The van der Waals surface area contributed by atoms with Crippen LogP contribution in [0.2, 0.25) is 0 Å². The zero-order valence-corrected chi connectivity index (χ0v) is 13.3. The molecule has 2 rings (SSSR count). The lowest BCUT2D eigenvalue weighted by Gasteiger charge is -2.43. The van der Waals surface area contributed by atoms with Crippen molar-refractivity contribution in [1.82, 2.24) is 4.90 Å². The monoisotopic (exact) mass is 334 g/mol. The van der Waals surface area contributed by atoms with E-state index in [1.807, 2.05) is 11.8 Å². The van der Waals surface area contributed by atoms with Gasteiger partial charge in [-0.2, -0.15) is 11.8 Å². The molecule has 1 aliphatic heterocycles. The van der Waals surface area contributed by atoms with E-state index < -0.39 is 0 Å². The first-order chi connectivity index (χ1) is 8.16. The van der Waals surface area contributed by atoms with Crippen LogP contribution >= 0.6 is 39.0 Å². The van der Waals surface area contributed by atoms with Crippen molar-refractivity contribution in [3.8, 4) is 0 Å². The molecular weight excluding hydrogens is 316 g/mol. The highest BCUT2D eigenvalue weighted by molar-refractivity contribution is 9.11. The minimum atomic E-state index is 0.206. The molecule has 1 atom stereocenters. The molecule has 1 aromatic heterocycles. The van der Waals surface area contributed by atoms with Gasteiger partial charge in [-0.1, -0.05) is 0 Å². The van der Waals surface area contributed by atoms with Gasteiger partial charge in [0.1, 0.15) is 0 Å². The first-order valence-electron chi connectivity index (χ1n) is 5.88. The van der Waals surface area contributed by atoms with Crippen LogP contribution < -0.4 is 5.73 Å². The second-order valence-corrected chi connectivity index (χ2v) is 8.10. The van der Waals surface area contributed by atoms with Gasteiger partial charge in [0.05, 0.1) is 3.79 Å². The van der Waals surface area contributed by atoms with Crippen molar-refractivity contribution in [2.45, 2.75) is 24.9 Å². The first kappa shape index (κ1) is 13.9. The predicted molar refractivity (Wildman–Crippen MR) is 81.8 cm³/mol. The molecule has 0 bridgehead atoms. The summed E-state index contributed by atoms with van der Waals surface area (Å²) in [4.78, 5) is 2.45. The molecule has 1 unspecified atom stereocenters. The second-order valence-electron chi connectivity index (χ2n) is 4.70. The third-order valence-corrected chi connectivity index (χ3v) is 6.40. The van der Waals surface area contributed by atoms with E-state index >= 15 is 0 Å². The third kappa shape index (κ3) is 3.26. The van der Waals surface area contributed by atoms with E-state index in [9.17, 15) is 0 Å². The zero-order valence-electron chi connectivity index (χ0n) is 10.1. The Morgan fingerprint density at radius 2 is 2.41 bits per heavy atom. The van der Waals surface area contributed by atoms with E-state index in [0.717, 1.165) is 13.1 Å². The number of halogens is 1. The van der Waals surface area contributed by atoms with E-state index in [2.05, 4.69) is 39.3 Å². The summed E-state index contributed by atoms with van der Waals surface area (Å²) in [6.07, 6.45) is 2.53. The largest absolute Gasteiger partial charge is 0.329 e. The summed E-state index contributed by atoms with van der Waals surface area (Å²) in [5, 5.41) is 2.22. The number of likely N-dealkylation sites (N-methyl/N-ethyl adjacent to an activating group) is 1. The molecule has 96 valence electrons. The Balaban J connectivity index is 2.04. The van der Waals surface area contributed by atoms with Gasteiger partial charge in [0.25, 0.3) is 0 Å².